The van der Waals surface area contributed by atoms with Crippen LogP contribution in [0.15, 0.2) is 18.2 Å². The molecule has 0 saturated heterocycles. The summed E-state index contributed by atoms with van der Waals surface area (Å²) in [4.78, 5) is 11.6. The minimum atomic E-state index is -3.78. The van der Waals surface area contributed by atoms with Crippen LogP contribution in [0.5, 0.6) is 0 Å². The first-order valence-corrected chi connectivity index (χ1v) is 8.43. The van der Waals surface area contributed by atoms with Crippen LogP contribution in [0.3, 0.4) is 0 Å². The molecule has 1 N–H and O–H groups in total. The third-order valence-electron chi connectivity index (χ3n) is 3.50. The van der Waals surface area contributed by atoms with E-state index in [0.717, 1.165) is 26.0 Å². The van der Waals surface area contributed by atoms with E-state index >= 15 is 0 Å². The first-order chi connectivity index (χ1) is 10.4. The lowest BCUT2D eigenvalue weighted by Gasteiger charge is -2.17. The number of hydrogen-bond donors (Lipinski definition) is 1. The number of hydrogen-bond acceptors (Lipinski definition) is 5. The maximum atomic E-state index is 13.8. The van der Waals surface area contributed by atoms with Crippen molar-refractivity contribution in [2.24, 2.45) is 5.92 Å². The topological polar surface area (TPSA) is 81.7 Å². The van der Waals surface area contributed by atoms with Gasteiger partial charge in [0.25, 0.3) is 0 Å². The van der Waals surface area contributed by atoms with Gasteiger partial charge in [-0.1, -0.05) is 6.07 Å². The molecule has 1 aromatic rings. The van der Waals surface area contributed by atoms with Crippen LogP contribution in [0.2, 0.25) is 0 Å². The number of carbonyl (C=O) groups is 1. The molecule has 0 aliphatic heterocycles. The van der Waals surface area contributed by atoms with Gasteiger partial charge in [0.05, 0.1) is 24.7 Å². The van der Waals surface area contributed by atoms with E-state index in [-0.39, 0.29) is 17.4 Å². The van der Waals surface area contributed by atoms with Crippen LogP contribution in [0.1, 0.15) is 23.2 Å². The predicted octanol–water partition coefficient (Wildman–Crippen LogP) is 1.78. The normalized spacial score (nSPS) is 16.1. The van der Waals surface area contributed by atoms with Gasteiger partial charge in [0.1, 0.15) is 11.4 Å². The molecule has 0 bridgehead atoms. The van der Waals surface area contributed by atoms with Crippen LogP contribution in [-0.2, 0) is 19.5 Å². The lowest BCUT2D eigenvalue weighted by atomic mass is 10.2. The van der Waals surface area contributed by atoms with Crippen LogP contribution < -0.4 is 4.72 Å². The summed E-state index contributed by atoms with van der Waals surface area (Å²) in [5.74, 6) is -1.81. The minimum absolute atomic E-state index is 0.141. The minimum Gasteiger partial charge on any atom is -0.465 e. The van der Waals surface area contributed by atoms with Gasteiger partial charge in [-0.2, -0.15) is 0 Å². The molecule has 0 heterocycles. The Morgan fingerprint density at radius 1 is 1.41 bits per heavy atom. The first kappa shape index (κ1) is 16.7. The highest BCUT2D eigenvalue weighted by Gasteiger charge is 2.35. The number of rotatable bonds is 7. The smallest absolute Gasteiger partial charge is 0.343 e. The number of halogens is 1. The summed E-state index contributed by atoms with van der Waals surface area (Å²) in [7, 11) is -1.22. The molecule has 1 atom stereocenters. The number of anilines is 1. The van der Waals surface area contributed by atoms with E-state index in [4.69, 9.17) is 4.74 Å². The monoisotopic (exact) mass is 331 g/mol. The third-order valence-corrected chi connectivity index (χ3v) is 4.80. The Hall–Kier alpha value is -1.67. The average Bonchev–Trinajstić information content (AvgIpc) is 3.28. The molecule has 22 heavy (non-hydrogen) atoms. The second kappa shape index (κ2) is 6.62. The molecule has 0 aromatic heterocycles. The molecule has 1 aliphatic carbocycles. The van der Waals surface area contributed by atoms with Gasteiger partial charge in [-0.25, -0.2) is 17.6 Å². The van der Waals surface area contributed by atoms with E-state index in [1.807, 2.05) is 0 Å². The van der Waals surface area contributed by atoms with E-state index in [1.54, 1.807) is 0 Å². The zero-order valence-electron chi connectivity index (χ0n) is 12.3. The number of esters is 1. The standard InChI is InChI=1S/C14H18FNO5S/c1-20-12(9-6-7-9)8-22(18,19)16-11-5-3-4-10(15)13(11)14(17)21-2/h3-5,9,12,16H,6-8H2,1-2H3. The van der Waals surface area contributed by atoms with Crippen molar-refractivity contribution in [3.05, 3.63) is 29.6 Å². The molecule has 1 aliphatic rings. The molecule has 122 valence electrons. The number of benzene rings is 1. The fourth-order valence-electron chi connectivity index (χ4n) is 2.21. The number of ether oxygens (including phenoxy) is 2. The predicted molar refractivity (Wildman–Crippen MR) is 78.7 cm³/mol. The molecule has 0 spiro atoms. The second-order valence-electron chi connectivity index (χ2n) is 5.15. The molecule has 2 rings (SSSR count). The van der Waals surface area contributed by atoms with Crippen molar-refractivity contribution in [2.75, 3.05) is 24.7 Å². The largest absolute Gasteiger partial charge is 0.465 e. The molecular weight excluding hydrogens is 313 g/mol. The Labute approximate surface area is 128 Å². The number of carbonyl (C=O) groups excluding carboxylic acids is 1. The molecule has 1 saturated carbocycles. The fourth-order valence-corrected chi connectivity index (χ4v) is 3.64. The van der Waals surface area contributed by atoms with Crippen LogP contribution in [0.25, 0.3) is 0 Å². The Kier molecular flexibility index (Phi) is 5.02. The molecule has 6 nitrogen and oxygen atoms in total. The van der Waals surface area contributed by atoms with Crippen molar-refractivity contribution < 1.29 is 27.1 Å². The Bertz CT molecular complexity index is 657. The first-order valence-electron chi connectivity index (χ1n) is 6.78. The summed E-state index contributed by atoms with van der Waals surface area (Å²) in [6.45, 7) is 0. The highest BCUT2D eigenvalue weighted by molar-refractivity contribution is 7.92. The van der Waals surface area contributed by atoms with Gasteiger partial charge < -0.3 is 9.47 Å². The maximum absolute atomic E-state index is 13.8. The Balaban J connectivity index is 2.22. The summed E-state index contributed by atoms with van der Waals surface area (Å²) in [5.41, 5.74) is -0.577. The van der Waals surface area contributed by atoms with E-state index in [2.05, 4.69) is 9.46 Å². The van der Waals surface area contributed by atoms with E-state index in [0.29, 0.717) is 0 Å². The zero-order chi connectivity index (χ0) is 16.3. The summed E-state index contributed by atoms with van der Waals surface area (Å²) < 4.78 is 50.1. The van der Waals surface area contributed by atoms with Crippen molar-refractivity contribution in [2.45, 2.75) is 18.9 Å². The van der Waals surface area contributed by atoms with Crippen molar-refractivity contribution in [1.82, 2.24) is 0 Å². The summed E-state index contributed by atoms with van der Waals surface area (Å²) in [6, 6.07) is 3.69. The Morgan fingerprint density at radius 2 is 2.09 bits per heavy atom. The second-order valence-corrected chi connectivity index (χ2v) is 6.92. The summed E-state index contributed by atoms with van der Waals surface area (Å²) in [5, 5.41) is 0. The SMILES string of the molecule is COC(=O)c1c(F)cccc1NS(=O)(=O)CC(OC)C1CC1. The van der Waals surface area contributed by atoms with Crippen LogP contribution in [0.4, 0.5) is 10.1 Å². The van der Waals surface area contributed by atoms with E-state index in [9.17, 15) is 17.6 Å². The average molecular weight is 331 g/mol. The van der Waals surface area contributed by atoms with Crippen molar-refractivity contribution in [3.63, 3.8) is 0 Å². The lowest BCUT2D eigenvalue weighted by Crippen LogP contribution is -2.29. The number of methoxy groups -OCH3 is 2. The Morgan fingerprint density at radius 3 is 2.64 bits per heavy atom. The van der Waals surface area contributed by atoms with E-state index in [1.165, 1.54) is 19.2 Å². The van der Waals surface area contributed by atoms with Gasteiger partial charge in [0.15, 0.2) is 0 Å². The highest BCUT2D eigenvalue weighted by Crippen LogP contribution is 2.35. The molecule has 0 amide bonds. The quantitative estimate of drug-likeness (QED) is 0.770. The zero-order valence-corrected chi connectivity index (χ0v) is 13.2. The van der Waals surface area contributed by atoms with Crippen LogP contribution >= 0.6 is 0 Å². The summed E-state index contributed by atoms with van der Waals surface area (Å²) >= 11 is 0. The molecule has 1 aromatic carbocycles. The fraction of sp³-hybridized carbons (Fsp3) is 0.500. The van der Waals surface area contributed by atoms with Gasteiger partial charge in [0.2, 0.25) is 10.0 Å². The molecular formula is C14H18FNO5S. The van der Waals surface area contributed by atoms with Gasteiger partial charge in [-0.15, -0.1) is 0 Å². The number of sulfonamides is 1. The van der Waals surface area contributed by atoms with E-state index < -0.39 is 33.5 Å². The molecule has 1 unspecified atom stereocenters. The number of nitrogens with one attached hydrogen (secondary N) is 1. The molecule has 8 heteroatoms. The van der Waals surface area contributed by atoms with Crippen molar-refractivity contribution >= 4 is 21.7 Å². The van der Waals surface area contributed by atoms with Gasteiger partial charge in [0, 0.05) is 7.11 Å². The van der Waals surface area contributed by atoms with Crippen molar-refractivity contribution in [1.29, 1.82) is 0 Å². The van der Waals surface area contributed by atoms with Gasteiger partial charge >= 0.3 is 5.97 Å². The molecule has 0 radical (unpaired) electrons. The van der Waals surface area contributed by atoms with Gasteiger partial charge in [-0.3, -0.25) is 4.72 Å². The highest BCUT2D eigenvalue weighted by atomic mass is 32.2. The molecule has 1 fully saturated rings. The third kappa shape index (κ3) is 3.95. The lowest BCUT2D eigenvalue weighted by molar-refractivity contribution is 0.0597. The van der Waals surface area contributed by atoms with Crippen molar-refractivity contribution in [3.8, 4) is 0 Å². The van der Waals surface area contributed by atoms with Gasteiger partial charge in [-0.05, 0) is 30.9 Å². The van der Waals surface area contributed by atoms with Crippen LogP contribution in [-0.4, -0.2) is 40.5 Å². The summed E-state index contributed by atoms with van der Waals surface area (Å²) in [6.07, 6.45) is 1.45. The maximum Gasteiger partial charge on any atom is 0.343 e. The van der Waals surface area contributed by atoms with Crippen LogP contribution in [0, 0.1) is 11.7 Å².